The van der Waals surface area contributed by atoms with E-state index in [0.29, 0.717) is 6.42 Å². The van der Waals surface area contributed by atoms with Crippen LogP contribution in [-0.2, 0) is 0 Å². The Bertz CT molecular complexity index is 443. The molecular weight excluding hydrogens is 255 g/mol. The summed E-state index contributed by atoms with van der Waals surface area (Å²) in [6.07, 6.45) is -4.28. The standard InChI is InChI=1S/C14H18F3NO/c1-13(2)9-11(18-8-7-14(15,16)17)10-5-3-4-6-12(10)19-13/h3-6,11,18H,7-9H2,1-2H3. The zero-order chi connectivity index (χ0) is 14.1. The van der Waals surface area contributed by atoms with Crippen LogP contribution in [0.2, 0.25) is 0 Å². The van der Waals surface area contributed by atoms with Crippen LogP contribution in [0.3, 0.4) is 0 Å². The van der Waals surface area contributed by atoms with E-state index in [2.05, 4.69) is 5.32 Å². The molecule has 0 aromatic heterocycles. The predicted molar refractivity (Wildman–Crippen MR) is 67.2 cm³/mol. The molecule has 5 heteroatoms. The van der Waals surface area contributed by atoms with Crippen LogP contribution in [-0.4, -0.2) is 18.3 Å². The number of benzene rings is 1. The van der Waals surface area contributed by atoms with Crippen LogP contribution in [0.5, 0.6) is 5.75 Å². The number of fused-ring (bicyclic) bond motifs is 1. The van der Waals surface area contributed by atoms with Gasteiger partial charge in [0.2, 0.25) is 0 Å². The molecule has 1 unspecified atom stereocenters. The fourth-order valence-corrected chi connectivity index (χ4v) is 2.37. The number of halogens is 3. The molecule has 0 radical (unpaired) electrons. The van der Waals surface area contributed by atoms with Crippen LogP contribution in [0.4, 0.5) is 13.2 Å². The molecule has 2 nitrogen and oxygen atoms in total. The van der Waals surface area contributed by atoms with E-state index in [1.165, 1.54) is 0 Å². The van der Waals surface area contributed by atoms with Crippen molar-refractivity contribution in [3.8, 4) is 5.75 Å². The number of para-hydroxylation sites is 1. The maximum absolute atomic E-state index is 12.2. The largest absolute Gasteiger partial charge is 0.487 e. The van der Waals surface area contributed by atoms with Gasteiger partial charge in [-0.05, 0) is 19.9 Å². The van der Waals surface area contributed by atoms with E-state index in [1.54, 1.807) is 0 Å². The molecule has 0 saturated heterocycles. The molecule has 0 saturated carbocycles. The van der Waals surface area contributed by atoms with Crippen LogP contribution in [0, 0.1) is 0 Å². The van der Waals surface area contributed by atoms with Gasteiger partial charge in [-0.3, -0.25) is 0 Å². The van der Waals surface area contributed by atoms with Gasteiger partial charge in [-0.15, -0.1) is 0 Å². The first-order chi connectivity index (χ1) is 8.77. The van der Waals surface area contributed by atoms with Gasteiger partial charge in [-0.25, -0.2) is 0 Å². The average Bonchev–Trinajstić information content (AvgIpc) is 2.25. The first-order valence-corrected chi connectivity index (χ1v) is 6.35. The summed E-state index contributed by atoms with van der Waals surface area (Å²) in [6, 6.07) is 7.40. The number of ether oxygens (including phenoxy) is 1. The van der Waals surface area contributed by atoms with E-state index in [0.717, 1.165) is 11.3 Å². The number of alkyl halides is 3. The zero-order valence-corrected chi connectivity index (χ0v) is 11.1. The molecule has 2 rings (SSSR count). The van der Waals surface area contributed by atoms with E-state index < -0.39 is 12.6 Å². The number of nitrogens with one attached hydrogen (secondary N) is 1. The predicted octanol–water partition coefficient (Wildman–Crippen LogP) is 3.83. The number of hydrogen-bond donors (Lipinski definition) is 1. The van der Waals surface area contributed by atoms with Gasteiger partial charge in [0.25, 0.3) is 0 Å². The van der Waals surface area contributed by atoms with Crippen LogP contribution < -0.4 is 10.1 Å². The molecule has 0 spiro atoms. The highest BCUT2D eigenvalue weighted by Gasteiger charge is 2.34. The van der Waals surface area contributed by atoms with Gasteiger partial charge in [-0.1, -0.05) is 18.2 Å². The first kappa shape index (κ1) is 14.2. The van der Waals surface area contributed by atoms with Crippen LogP contribution in [0.15, 0.2) is 24.3 Å². The van der Waals surface area contributed by atoms with Crippen molar-refractivity contribution in [2.45, 2.75) is 44.5 Å². The average molecular weight is 273 g/mol. The highest BCUT2D eigenvalue weighted by molar-refractivity contribution is 5.38. The highest BCUT2D eigenvalue weighted by atomic mass is 19.4. The number of rotatable bonds is 3. The summed E-state index contributed by atoms with van der Waals surface area (Å²) in [5.41, 5.74) is 0.563. The van der Waals surface area contributed by atoms with E-state index in [4.69, 9.17) is 4.74 Å². The molecular formula is C14H18F3NO. The monoisotopic (exact) mass is 273 g/mol. The van der Waals surface area contributed by atoms with Gasteiger partial charge in [0.05, 0.1) is 6.42 Å². The fourth-order valence-electron chi connectivity index (χ4n) is 2.37. The molecule has 1 aromatic rings. The van der Waals surface area contributed by atoms with Gasteiger partial charge in [0.15, 0.2) is 0 Å². The molecule has 19 heavy (non-hydrogen) atoms. The summed E-state index contributed by atoms with van der Waals surface area (Å²) in [7, 11) is 0. The SMILES string of the molecule is CC1(C)CC(NCCC(F)(F)F)c2ccccc2O1. The summed E-state index contributed by atoms with van der Waals surface area (Å²) in [5.74, 6) is 0.753. The van der Waals surface area contributed by atoms with Gasteiger partial charge in [0, 0.05) is 24.6 Å². The lowest BCUT2D eigenvalue weighted by Crippen LogP contribution is -2.40. The molecule has 1 aliphatic rings. The summed E-state index contributed by atoms with van der Waals surface area (Å²) < 4.78 is 42.4. The van der Waals surface area contributed by atoms with Crippen molar-refractivity contribution in [2.75, 3.05) is 6.54 Å². The molecule has 0 aliphatic carbocycles. The van der Waals surface area contributed by atoms with E-state index >= 15 is 0 Å². The maximum atomic E-state index is 12.2. The molecule has 1 aromatic carbocycles. The quantitative estimate of drug-likeness (QED) is 0.903. The molecule has 0 bridgehead atoms. The van der Waals surface area contributed by atoms with E-state index in [-0.39, 0.29) is 18.2 Å². The fraction of sp³-hybridized carbons (Fsp3) is 0.571. The molecule has 1 aliphatic heterocycles. The lowest BCUT2D eigenvalue weighted by atomic mass is 9.89. The van der Waals surface area contributed by atoms with Crippen molar-refractivity contribution in [1.82, 2.24) is 5.32 Å². The Morgan fingerprint density at radius 3 is 2.68 bits per heavy atom. The second kappa shape index (κ2) is 5.04. The van der Waals surface area contributed by atoms with Gasteiger partial charge in [0.1, 0.15) is 11.4 Å². The Hall–Kier alpha value is -1.23. The van der Waals surface area contributed by atoms with Crippen molar-refractivity contribution >= 4 is 0 Å². The van der Waals surface area contributed by atoms with Gasteiger partial charge in [-0.2, -0.15) is 13.2 Å². The molecule has 106 valence electrons. The lowest BCUT2D eigenvalue weighted by molar-refractivity contribution is -0.133. The molecule has 1 heterocycles. The topological polar surface area (TPSA) is 21.3 Å². The normalized spacial score (nSPS) is 21.6. The summed E-state index contributed by atoms with van der Waals surface area (Å²) >= 11 is 0. The Balaban J connectivity index is 2.08. The summed E-state index contributed by atoms with van der Waals surface area (Å²) in [5, 5.41) is 2.99. The van der Waals surface area contributed by atoms with Crippen molar-refractivity contribution in [1.29, 1.82) is 0 Å². The van der Waals surface area contributed by atoms with E-state index in [1.807, 2.05) is 38.1 Å². The maximum Gasteiger partial charge on any atom is 0.390 e. The third kappa shape index (κ3) is 3.86. The molecule has 0 fully saturated rings. The third-order valence-corrected chi connectivity index (χ3v) is 3.18. The smallest absolute Gasteiger partial charge is 0.390 e. The second-order valence-electron chi connectivity index (χ2n) is 5.48. The zero-order valence-electron chi connectivity index (χ0n) is 11.1. The number of hydrogen-bond acceptors (Lipinski definition) is 2. The summed E-state index contributed by atoms with van der Waals surface area (Å²) in [6.45, 7) is 3.82. The molecule has 1 N–H and O–H groups in total. The first-order valence-electron chi connectivity index (χ1n) is 6.35. The van der Waals surface area contributed by atoms with Crippen LogP contribution >= 0.6 is 0 Å². The summed E-state index contributed by atoms with van der Waals surface area (Å²) in [4.78, 5) is 0. The minimum Gasteiger partial charge on any atom is -0.487 e. The van der Waals surface area contributed by atoms with Crippen molar-refractivity contribution in [3.05, 3.63) is 29.8 Å². The van der Waals surface area contributed by atoms with Crippen LogP contribution in [0.1, 0.15) is 38.3 Å². The van der Waals surface area contributed by atoms with E-state index in [9.17, 15) is 13.2 Å². The third-order valence-electron chi connectivity index (χ3n) is 3.18. The van der Waals surface area contributed by atoms with Crippen molar-refractivity contribution < 1.29 is 17.9 Å². The molecule has 0 amide bonds. The Kier molecular flexibility index (Phi) is 3.76. The Morgan fingerprint density at radius 1 is 1.32 bits per heavy atom. The Morgan fingerprint density at radius 2 is 2.00 bits per heavy atom. The van der Waals surface area contributed by atoms with Gasteiger partial charge < -0.3 is 10.1 Å². The minimum absolute atomic E-state index is 0.0709. The highest BCUT2D eigenvalue weighted by Crippen LogP contribution is 2.39. The van der Waals surface area contributed by atoms with Crippen molar-refractivity contribution in [3.63, 3.8) is 0 Å². The Labute approximate surface area is 111 Å². The lowest BCUT2D eigenvalue weighted by Gasteiger charge is -2.38. The second-order valence-corrected chi connectivity index (χ2v) is 5.48. The molecule has 1 atom stereocenters. The minimum atomic E-state index is -4.12. The van der Waals surface area contributed by atoms with Crippen LogP contribution in [0.25, 0.3) is 0 Å². The van der Waals surface area contributed by atoms with Crippen molar-refractivity contribution in [2.24, 2.45) is 0 Å². The van der Waals surface area contributed by atoms with Gasteiger partial charge >= 0.3 is 6.18 Å².